The van der Waals surface area contributed by atoms with Gasteiger partial charge in [-0.15, -0.1) is 0 Å². The molecule has 2 aromatic rings. The van der Waals surface area contributed by atoms with Crippen molar-refractivity contribution in [2.75, 3.05) is 11.8 Å². The van der Waals surface area contributed by atoms with E-state index in [2.05, 4.69) is 20.2 Å². The lowest BCUT2D eigenvalue weighted by Crippen LogP contribution is -2.17. The normalized spacial score (nSPS) is 11.3. The van der Waals surface area contributed by atoms with Gasteiger partial charge in [0.2, 0.25) is 0 Å². The molecule has 7 nitrogen and oxygen atoms in total. The van der Waals surface area contributed by atoms with Gasteiger partial charge in [0.1, 0.15) is 5.82 Å². The summed E-state index contributed by atoms with van der Waals surface area (Å²) in [5.41, 5.74) is -0.217. The number of hydrogen-bond donors (Lipinski definition) is 3. The maximum atomic E-state index is 13.5. The highest BCUT2D eigenvalue weighted by Crippen LogP contribution is 2.17. The third kappa shape index (κ3) is 3.64. The zero-order valence-corrected chi connectivity index (χ0v) is 11.9. The summed E-state index contributed by atoms with van der Waals surface area (Å²) < 4.78 is 40.0. The quantitative estimate of drug-likeness (QED) is 0.743. The summed E-state index contributed by atoms with van der Waals surface area (Å²) in [7, 11) is -2.28. The molecule has 0 aliphatic carbocycles. The van der Waals surface area contributed by atoms with Crippen LogP contribution in [-0.4, -0.2) is 25.7 Å². The Kier molecular flexibility index (Phi) is 4.34. The minimum Gasteiger partial charge on any atom is -0.316 e. The van der Waals surface area contributed by atoms with Crippen LogP contribution in [0.15, 0.2) is 40.0 Å². The highest BCUT2D eigenvalue weighted by atomic mass is 32.2. The molecular formula is C12H13FN4O3S. The SMILES string of the molecule is CNCc1cc(S(=O)(=O)Nc2ccc(=O)[nH]n2)ccc1F. The number of nitrogens with zero attached hydrogens (tertiary/aromatic N) is 1. The Balaban J connectivity index is 2.33. The molecule has 0 saturated heterocycles. The number of halogens is 1. The predicted octanol–water partition coefficient (Wildman–Crippen LogP) is 0.429. The van der Waals surface area contributed by atoms with Gasteiger partial charge in [-0.2, -0.15) is 5.10 Å². The number of rotatable bonds is 5. The second-order valence-corrected chi connectivity index (χ2v) is 5.88. The molecular weight excluding hydrogens is 299 g/mol. The third-order valence-electron chi connectivity index (χ3n) is 2.61. The Morgan fingerprint density at radius 2 is 2.05 bits per heavy atom. The van der Waals surface area contributed by atoms with E-state index >= 15 is 0 Å². The highest BCUT2D eigenvalue weighted by molar-refractivity contribution is 7.92. The Morgan fingerprint density at radius 3 is 2.67 bits per heavy atom. The Labute approximate surface area is 120 Å². The van der Waals surface area contributed by atoms with Crippen molar-refractivity contribution in [3.05, 3.63) is 52.1 Å². The second kappa shape index (κ2) is 6.02. The van der Waals surface area contributed by atoms with Gasteiger partial charge in [0.05, 0.1) is 4.90 Å². The maximum Gasteiger partial charge on any atom is 0.264 e. The van der Waals surface area contributed by atoms with Crippen molar-refractivity contribution < 1.29 is 12.8 Å². The number of hydrogen-bond acceptors (Lipinski definition) is 5. The first-order chi connectivity index (χ1) is 9.92. The second-order valence-electron chi connectivity index (χ2n) is 4.20. The molecule has 1 aromatic carbocycles. The van der Waals surface area contributed by atoms with Gasteiger partial charge in [0, 0.05) is 18.2 Å². The molecule has 0 spiro atoms. The van der Waals surface area contributed by atoms with Gasteiger partial charge in [-0.25, -0.2) is 17.9 Å². The number of anilines is 1. The van der Waals surface area contributed by atoms with E-state index in [-0.39, 0.29) is 22.8 Å². The van der Waals surface area contributed by atoms with Crippen LogP contribution in [0.2, 0.25) is 0 Å². The van der Waals surface area contributed by atoms with Gasteiger partial charge in [-0.1, -0.05) is 0 Å². The fourth-order valence-corrected chi connectivity index (χ4v) is 2.69. The average molecular weight is 312 g/mol. The van der Waals surface area contributed by atoms with Crippen molar-refractivity contribution in [1.82, 2.24) is 15.5 Å². The van der Waals surface area contributed by atoms with Crippen LogP contribution in [0.4, 0.5) is 10.2 Å². The number of sulfonamides is 1. The molecule has 9 heteroatoms. The fraction of sp³-hybridized carbons (Fsp3) is 0.167. The number of H-pyrrole nitrogens is 1. The molecule has 0 aliphatic rings. The number of benzene rings is 1. The maximum absolute atomic E-state index is 13.5. The van der Waals surface area contributed by atoms with E-state index in [0.29, 0.717) is 0 Å². The molecule has 0 aliphatic heterocycles. The van der Waals surface area contributed by atoms with Crippen molar-refractivity contribution in [2.24, 2.45) is 0 Å². The van der Waals surface area contributed by atoms with Crippen LogP contribution in [0.3, 0.4) is 0 Å². The third-order valence-corrected chi connectivity index (χ3v) is 3.97. The van der Waals surface area contributed by atoms with Gasteiger partial charge in [-0.05, 0) is 31.3 Å². The van der Waals surface area contributed by atoms with Gasteiger partial charge < -0.3 is 5.32 Å². The number of aromatic amines is 1. The van der Waals surface area contributed by atoms with Crippen LogP contribution in [0, 0.1) is 5.82 Å². The summed E-state index contributed by atoms with van der Waals surface area (Å²) in [6.07, 6.45) is 0. The Bertz CT molecular complexity index is 784. The smallest absolute Gasteiger partial charge is 0.264 e. The van der Waals surface area contributed by atoms with E-state index in [9.17, 15) is 17.6 Å². The van der Waals surface area contributed by atoms with Crippen LogP contribution in [-0.2, 0) is 16.6 Å². The molecule has 112 valence electrons. The van der Waals surface area contributed by atoms with Crippen molar-refractivity contribution in [3.63, 3.8) is 0 Å². The van der Waals surface area contributed by atoms with Gasteiger partial charge in [0.25, 0.3) is 15.6 Å². The number of nitrogens with one attached hydrogen (secondary N) is 3. The lowest BCUT2D eigenvalue weighted by atomic mass is 10.2. The van der Waals surface area contributed by atoms with E-state index in [1.54, 1.807) is 7.05 Å². The molecule has 2 rings (SSSR count). The van der Waals surface area contributed by atoms with Gasteiger partial charge >= 0.3 is 0 Å². The molecule has 3 N–H and O–H groups in total. The largest absolute Gasteiger partial charge is 0.316 e. The molecule has 21 heavy (non-hydrogen) atoms. The Morgan fingerprint density at radius 1 is 1.29 bits per heavy atom. The summed E-state index contributed by atoms with van der Waals surface area (Å²) in [5.74, 6) is -0.528. The molecule has 1 aromatic heterocycles. The molecule has 0 saturated carbocycles. The van der Waals surface area contributed by atoms with E-state index in [1.807, 2.05) is 0 Å². The summed E-state index contributed by atoms with van der Waals surface area (Å²) in [6, 6.07) is 5.85. The standard InChI is InChI=1S/C12H13FN4O3S/c1-14-7-8-6-9(2-3-10(8)13)21(19,20)17-11-4-5-12(18)16-15-11/h2-6,14H,7H2,1H3,(H,15,17)(H,16,18). The average Bonchev–Trinajstić information content (AvgIpc) is 2.43. The van der Waals surface area contributed by atoms with Crippen molar-refractivity contribution >= 4 is 15.8 Å². The molecule has 0 unspecified atom stereocenters. The monoisotopic (exact) mass is 312 g/mol. The Hall–Kier alpha value is -2.26. The van der Waals surface area contributed by atoms with Crippen LogP contribution < -0.4 is 15.6 Å². The highest BCUT2D eigenvalue weighted by Gasteiger charge is 2.17. The molecule has 0 amide bonds. The van der Waals surface area contributed by atoms with Crippen molar-refractivity contribution in [1.29, 1.82) is 0 Å². The van der Waals surface area contributed by atoms with E-state index in [4.69, 9.17) is 0 Å². The van der Waals surface area contributed by atoms with Crippen LogP contribution in [0.1, 0.15) is 5.56 Å². The lowest BCUT2D eigenvalue weighted by Gasteiger charge is -2.09. The zero-order valence-electron chi connectivity index (χ0n) is 11.1. The van der Waals surface area contributed by atoms with Gasteiger partial charge in [0.15, 0.2) is 5.82 Å². The first-order valence-corrected chi connectivity index (χ1v) is 7.42. The van der Waals surface area contributed by atoms with E-state index in [1.165, 1.54) is 12.1 Å². The first-order valence-electron chi connectivity index (χ1n) is 5.94. The van der Waals surface area contributed by atoms with E-state index in [0.717, 1.165) is 18.2 Å². The van der Waals surface area contributed by atoms with Crippen LogP contribution in [0.25, 0.3) is 0 Å². The van der Waals surface area contributed by atoms with Crippen LogP contribution >= 0.6 is 0 Å². The molecule has 0 radical (unpaired) electrons. The predicted molar refractivity (Wildman–Crippen MR) is 74.8 cm³/mol. The lowest BCUT2D eigenvalue weighted by molar-refractivity contribution is 0.591. The molecule has 1 heterocycles. The van der Waals surface area contributed by atoms with Crippen molar-refractivity contribution in [3.8, 4) is 0 Å². The van der Waals surface area contributed by atoms with Gasteiger partial charge in [-0.3, -0.25) is 9.52 Å². The van der Waals surface area contributed by atoms with Crippen LogP contribution in [0.5, 0.6) is 0 Å². The summed E-state index contributed by atoms with van der Waals surface area (Å²) >= 11 is 0. The summed E-state index contributed by atoms with van der Waals surface area (Å²) in [5, 5.41) is 8.42. The van der Waals surface area contributed by atoms with E-state index < -0.39 is 21.4 Å². The first kappa shape index (κ1) is 15.1. The van der Waals surface area contributed by atoms with Crippen molar-refractivity contribution in [2.45, 2.75) is 11.4 Å². The topological polar surface area (TPSA) is 104 Å². The zero-order chi connectivity index (χ0) is 15.5. The minimum atomic E-state index is -3.91. The molecule has 0 atom stereocenters. The minimum absolute atomic E-state index is 0.0332. The summed E-state index contributed by atoms with van der Waals surface area (Å²) in [4.78, 5) is 10.8. The summed E-state index contributed by atoms with van der Waals surface area (Å²) in [6.45, 7) is 0.200. The molecule has 0 bridgehead atoms. The number of aromatic nitrogens is 2. The molecule has 0 fully saturated rings. The fourth-order valence-electron chi connectivity index (χ4n) is 1.64.